The van der Waals surface area contributed by atoms with Gasteiger partial charge in [-0.3, -0.25) is 9.59 Å². The van der Waals surface area contributed by atoms with E-state index in [2.05, 4.69) is 18.5 Å². The van der Waals surface area contributed by atoms with Crippen molar-refractivity contribution in [2.45, 2.75) is 63.5 Å². The quantitative estimate of drug-likeness (QED) is 0.709. The molecule has 1 aliphatic carbocycles. The van der Waals surface area contributed by atoms with Gasteiger partial charge in [-0.2, -0.15) is 11.8 Å². The second kappa shape index (κ2) is 8.55. The van der Waals surface area contributed by atoms with Crippen LogP contribution in [0, 0.1) is 5.41 Å². The summed E-state index contributed by atoms with van der Waals surface area (Å²) in [7, 11) is 0. The number of carboxylic acids is 1. The number of amides is 1. The first-order valence-corrected chi connectivity index (χ1v) is 8.82. The Hall–Kier alpha value is -0.710. The van der Waals surface area contributed by atoms with Crippen molar-refractivity contribution in [3.8, 4) is 0 Å². The lowest BCUT2D eigenvalue weighted by molar-refractivity contribution is -0.152. The van der Waals surface area contributed by atoms with Crippen LogP contribution in [0.3, 0.4) is 0 Å². The first kappa shape index (κ1) is 17.3. The fraction of sp³-hybridized carbons (Fsp3) is 0.867. The van der Waals surface area contributed by atoms with E-state index in [-0.39, 0.29) is 12.3 Å². The van der Waals surface area contributed by atoms with E-state index in [4.69, 9.17) is 0 Å². The topological polar surface area (TPSA) is 66.4 Å². The van der Waals surface area contributed by atoms with Crippen LogP contribution in [0.15, 0.2) is 0 Å². The molecule has 0 bridgehead atoms. The average molecular weight is 301 g/mol. The van der Waals surface area contributed by atoms with Crippen LogP contribution in [0.1, 0.15) is 58.3 Å². The first-order chi connectivity index (χ1) is 9.50. The third-order valence-corrected chi connectivity index (χ3v) is 5.33. The van der Waals surface area contributed by atoms with E-state index < -0.39 is 11.4 Å². The van der Waals surface area contributed by atoms with Gasteiger partial charge in [-0.25, -0.2) is 0 Å². The maximum absolute atomic E-state index is 12.0. The molecule has 0 radical (unpaired) electrons. The second-order valence-corrected chi connectivity index (χ2v) is 7.14. The van der Waals surface area contributed by atoms with Gasteiger partial charge >= 0.3 is 5.97 Å². The molecule has 0 aromatic rings. The van der Waals surface area contributed by atoms with E-state index in [9.17, 15) is 14.7 Å². The van der Waals surface area contributed by atoms with Crippen molar-refractivity contribution >= 4 is 23.6 Å². The number of carbonyl (C=O) groups is 2. The molecule has 0 aromatic heterocycles. The van der Waals surface area contributed by atoms with Gasteiger partial charge < -0.3 is 10.4 Å². The van der Waals surface area contributed by atoms with Crippen molar-refractivity contribution in [2.24, 2.45) is 5.41 Å². The minimum absolute atomic E-state index is 0.109. The Labute approximate surface area is 126 Å². The van der Waals surface area contributed by atoms with E-state index >= 15 is 0 Å². The highest BCUT2D eigenvalue weighted by molar-refractivity contribution is 7.99. The highest BCUT2D eigenvalue weighted by Gasteiger charge is 2.40. The van der Waals surface area contributed by atoms with Crippen molar-refractivity contribution in [2.75, 3.05) is 12.8 Å². The molecule has 0 heterocycles. The van der Waals surface area contributed by atoms with Crippen molar-refractivity contribution in [3.05, 3.63) is 0 Å². The molecule has 1 saturated carbocycles. The summed E-state index contributed by atoms with van der Waals surface area (Å²) in [5, 5.41) is 12.9. The minimum atomic E-state index is -0.828. The largest absolute Gasteiger partial charge is 0.481 e. The highest BCUT2D eigenvalue weighted by atomic mass is 32.2. The average Bonchev–Trinajstić information content (AvgIpc) is 2.65. The molecule has 1 atom stereocenters. The van der Waals surface area contributed by atoms with E-state index in [1.165, 1.54) is 0 Å². The number of carbonyl (C=O) groups excluding carboxylic acids is 1. The molecule has 2 N–H and O–H groups in total. The van der Waals surface area contributed by atoms with Crippen LogP contribution in [-0.4, -0.2) is 35.0 Å². The summed E-state index contributed by atoms with van der Waals surface area (Å²) < 4.78 is 0. The van der Waals surface area contributed by atoms with E-state index in [1.54, 1.807) is 11.8 Å². The molecule has 0 saturated heterocycles. The normalized spacial score (nSPS) is 19.9. The van der Waals surface area contributed by atoms with Gasteiger partial charge in [0.15, 0.2) is 0 Å². The van der Waals surface area contributed by atoms with Gasteiger partial charge in [0.25, 0.3) is 0 Å². The SMILES string of the molecule is CSC(C)CCNC(=O)CC1(C(=O)O)CCCCCC1. The molecule has 116 valence electrons. The number of rotatable bonds is 7. The summed E-state index contributed by atoms with van der Waals surface area (Å²) in [6, 6.07) is 0. The first-order valence-electron chi connectivity index (χ1n) is 7.53. The Morgan fingerprint density at radius 2 is 1.85 bits per heavy atom. The van der Waals surface area contributed by atoms with E-state index in [1.807, 2.05) is 0 Å². The van der Waals surface area contributed by atoms with E-state index in [0.717, 1.165) is 32.1 Å². The van der Waals surface area contributed by atoms with Gasteiger partial charge in [0.1, 0.15) is 0 Å². The number of aliphatic carboxylic acids is 1. The zero-order valence-electron chi connectivity index (χ0n) is 12.6. The van der Waals surface area contributed by atoms with Gasteiger partial charge in [0.2, 0.25) is 5.91 Å². The summed E-state index contributed by atoms with van der Waals surface area (Å²) in [5.74, 6) is -0.908. The number of hydrogen-bond donors (Lipinski definition) is 2. The molecule has 1 amide bonds. The molecule has 5 heteroatoms. The van der Waals surface area contributed by atoms with Crippen LogP contribution < -0.4 is 5.32 Å². The number of nitrogens with one attached hydrogen (secondary N) is 1. The lowest BCUT2D eigenvalue weighted by Gasteiger charge is -2.27. The predicted octanol–water partition coefficient (Wildman–Crippen LogP) is 3.06. The molecule has 1 aliphatic rings. The Morgan fingerprint density at radius 1 is 1.25 bits per heavy atom. The molecule has 0 aliphatic heterocycles. The maximum atomic E-state index is 12.0. The molecule has 0 spiro atoms. The summed E-state index contributed by atoms with van der Waals surface area (Å²) in [4.78, 5) is 23.6. The summed E-state index contributed by atoms with van der Waals surface area (Å²) in [5.41, 5.74) is -0.828. The molecular formula is C15H27NO3S. The summed E-state index contributed by atoms with van der Waals surface area (Å²) >= 11 is 1.77. The van der Waals surface area contributed by atoms with Gasteiger partial charge in [-0.05, 0) is 25.5 Å². The Kier molecular flexibility index (Phi) is 7.41. The smallest absolute Gasteiger partial charge is 0.310 e. The Morgan fingerprint density at radius 3 is 2.35 bits per heavy atom. The standard InChI is InChI=1S/C15H27NO3S/c1-12(20-2)7-10-16-13(17)11-15(14(18)19)8-5-3-4-6-9-15/h12H,3-11H2,1-2H3,(H,16,17)(H,18,19). The van der Waals surface area contributed by atoms with Crippen LogP contribution in [0.4, 0.5) is 0 Å². The molecular weight excluding hydrogens is 274 g/mol. The number of thioether (sulfide) groups is 1. The lowest BCUT2D eigenvalue weighted by atomic mass is 9.77. The maximum Gasteiger partial charge on any atom is 0.310 e. The van der Waals surface area contributed by atoms with Crippen LogP contribution in [0.5, 0.6) is 0 Å². The predicted molar refractivity (Wildman–Crippen MR) is 83.0 cm³/mol. The Balaban J connectivity index is 2.48. The van der Waals surface area contributed by atoms with Crippen molar-refractivity contribution in [1.82, 2.24) is 5.32 Å². The number of hydrogen-bond acceptors (Lipinski definition) is 3. The van der Waals surface area contributed by atoms with Crippen molar-refractivity contribution < 1.29 is 14.7 Å². The molecule has 4 nitrogen and oxygen atoms in total. The fourth-order valence-electron chi connectivity index (χ4n) is 2.77. The van der Waals surface area contributed by atoms with Crippen LogP contribution in [-0.2, 0) is 9.59 Å². The molecule has 1 rings (SSSR count). The summed E-state index contributed by atoms with van der Waals surface area (Å²) in [6.45, 7) is 2.76. The Bertz CT molecular complexity index is 325. The minimum Gasteiger partial charge on any atom is -0.481 e. The molecule has 0 aromatic carbocycles. The van der Waals surface area contributed by atoms with Gasteiger partial charge in [-0.1, -0.05) is 32.6 Å². The van der Waals surface area contributed by atoms with Gasteiger partial charge in [0.05, 0.1) is 5.41 Å². The zero-order chi connectivity index (χ0) is 15.0. The van der Waals surface area contributed by atoms with Crippen molar-refractivity contribution in [3.63, 3.8) is 0 Å². The third-order valence-electron chi connectivity index (χ3n) is 4.29. The van der Waals surface area contributed by atoms with Crippen LogP contribution in [0.2, 0.25) is 0 Å². The lowest BCUT2D eigenvalue weighted by Crippen LogP contribution is -2.38. The second-order valence-electron chi connectivity index (χ2n) is 5.86. The number of carboxylic acid groups (broad SMARTS) is 1. The van der Waals surface area contributed by atoms with Crippen LogP contribution >= 0.6 is 11.8 Å². The monoisotopic (exact) mass is 301 g/mol. The third kappa shape index (κ3) is 5.35. The zero-order valence-corrected chi connectivity index (χ0v) is 13.4. The van der Waals surface area contributed by atoms with Gasteiger partial charge in [-0.15, -0.1) is 0 Å². The molecule has 20 heavy (non-hydrogen) atoms. The van der Waals surface area contributed by atoms with Crippen LogP contribution in [0.25, 0.3) is 0 Å². The van der Waals surface area contributed by atoms with Gasteiger partial charge in [0, 0.05) is 18.2 Å². The highest BCUT2D eigenvalue weighted by Crippen LogP contribution is 2.38. The van der Waals surface area contributed by atoms with Crippen molar-refractivity contribution in [1.29, 1.82) is 0 Å². The fourth-order valence-corrected chi connectivity index (χ4v) is 3.13. The molecule has 1 fully saturated rings. The summed E-state index contributed by atoms with van der Waals surface area (Å²) in [6.07, 6.45) is 8.39. The van der Waals surface area contributed by atoms with E-state index in [0.29, 0.717) is 24.6 Å². The molecule has 1 unspecified atom stereocenters.